The van der Waals surface area contributed by atoms with Gasteiger partial charge in [-0.15, -0.1) is 0 Å². The van der Waals surface area contributed by atoms with Crippen molar-refractivity contribution >= 4 is 23.1 Å². The van der Waals surface area contributed by atoms with Crippen molar-refractivity contribution in [3.8, 4) is 12.1 Å². The molecule has 0 radical (unpaired) electrons. The first-order valence-electron chi connectivity index (χ1n) is 12.8. The molecule has 0 N–H and O–H groups in total. The first-order chi connectivity index (χ1) is 18.2. The van der Waals surface area contributed by atoms with Gasteiger partial charge in [0.15, 0.2) is 0 Å². The molecule has 190 valence electrons. The van der Waals surface area contributed by atoms with E-state index in [-0.39, 0.29) is 17.1 Å². The van der Waals surface area contributed by atoms with Crippen LogP contribution in [0, 0.1) is 41.9 Å². The molecule has 3 aromatic carbocycles. The molecule has 0 bridgehead atoms. The van der Waals surface area contributed by atoms with Crippen LogP contribution in [0.2, 0.25) is 0 Å². The number of anilines is 3. The molecule has 4 nitrogen and oxygen atoms in total. The molecule has 1 atom stereocenters. The summed E-state index contributed by atoms with van der Waals surface area (Å²) < 4.78 is 6.25. The van der Waals surface area contributed by atoms with Crippen molar-refractivity contribution in [2.24, 2.45) is 5.41 Å². The normalized spacial score (nSPS) is 15.3. The van der Waals surface area contributed by atoms with Crippen molar-refractivity contribution in [2.75, 3.05) is 4.90 Å². The molecule has 3 aromatic rings. The molecular formula is C34H33N3O. The molecule has 1 heterocycles. The highest BCUT2D eigenvalue weighted by Crippen LogP contribution is 2.36. The standard InChI is InChI=1S/C34H33N3O/c1-24-6-13-29(14-7-24)37(30-15-8-25(2)9-16-30)31-17-10-26(11-18-31)12-19-32-20-27(28(22-35)23-36)21-33(38-32)34(3,4)5/h6-19,21,32H,20H2,1-5H3/b19-12+. The van der Waals surface area contributed by atoms with E-state index in [2.05, 4.69) is 112 Å². The van der Waals surface area contributed by atoms with Crippen LogP contribution < -0.4 is 4.90 Å². The monoisotopic (exact) mass is 499 g/mol. The number of benzene rings is 3. The highest BCUT2D eigenvalue weighted by Gasteiger charge is 2.27. The van der Waals surface area contributed by atoms with Crippen LogP contribution in [0.15, 0.2) is 102 Å². The van der Waals surface area contributed by atoms with E-state index in [0.717, 1.165) is 34.0 Å². The molecule has 0 saturated heterocycles. The minimum absolute atomic E-state index is 0.144. The Morgan fingerprint density at radius 2 is 1.29 bits per heavy atom. The van der Waals surface area contributed by atoms with E-state index < -0.39 is 0 Å². The number of hydrogen-bond acceptors (Lipinski definition) is 4. The third-order valence-electron chi connectivity index (χ3n) is 6.53. The van der Waals surface area contributed by atoms with Gasteiger partial charge in [0.1, 0.15) is 29.6 Å². The molecule has 0 amide bonds. The molecule has 1 aliphatic rings. The third kappa shape index (κ3) is 6.23. The van der Waals surface area contributed by atoms with E-state index >= 15 is 0 Å². The fourth-order valence-corrected chi connectivity index (χ4v) is 4.30. The van der Waals surface area contributed by atoms with Crippen LogP contribution >= 0.6 is 0 Å². The molecule has 0 spiro atoms. The van der Waals surface area contributed by atoms with Crippen LogP contribution in [0.5, 0.6) is 0 Å². The van der Waals surface area contributed by atoms with Gasteiger partial charge in [0.05, 0.1) is 0 Å². The molecule has 38 heavy (non-hydrogen) atoms. The van der Waals surface area contributed by atoms with Gasteiger partial charge in [0.2, 0.25) is 0 Å². The van der Waals surface area contributed by atoms with Crippen LogP contribution in [0.4, 0.5) is 17.1 Å². The van der Waals surface area contributed by atoms with Crippen LogP contribution in [-0.2, 0) is 4.74 Å². The van der Waals surface area contributed by atoms with Crippen molar-refractivity contribution in [2.45, 2.75) is 47.1 Å². The summed E-state index contributed by atoms with van der Waals surface area (Å²) >= 11 is 0. The Morgan fingerprint density at radius 3 is 1.74 bits per heavy atom. The fourth-order valence-electron chi connectivity index (χ4n) is 4.30. The van der Waals surface area contributed by atoms with Gasteiger partial charge in [0.25, 0.3) is 0 Å². The summed E-state index contributed by atoms with van der Waals surface area (Å²) in [6.45, 7) is 10.4. The Kier molecular flexibility index (Phi) is 7.85. The first-order valence-corrected chi connectivity index (χ1v) is 12.8. The van der Waals surface area contributed by atoms with Crippen LogP contribution in [-0.4, -0.2) is 6.10 Å². The molecular weight excluding hydrogens is 466 g/mol. The maximum absolute atomic E-state index is 9.40. The zero-order valence-corrected chi connectivity index (χ0v) is 22.7. The van der Waals surface area contributed by atoms with Crippen molar-refractivity contribution in [1.29, 1.82) is 10.5 Å². The Labute approximate surface area is 226 Å². The lowest BCUT2D eigenvalue weighted by molar-refractivity contribution is 0.0989. The number of allylic oxidation sites excluding steroid dienone is 3. The highest BCUT2D eigenvalue weighted by molar-refractivity contribution is 5.77. The minimum Gasteiger partial charge on any atom is -0.490 e. The van der Waals surface area contributed by atoms with E-state index in [1.54, 1.807) is 0 Å². The van der Waals surface area contributed by atoms with Gasteiger partial charge in [-0.25, -0.2) is 0 Å². The van der Waals surface area contributed by atoms with Gasteiger partial charge < -0.3 is 9.64 Å². The second-order valence-electron chi connectivity index (χ2n) is 10.7. The fraction of sp³-hybridized carbons (Fsp3) is 0.235. The summed E-state index contributed by atoms with van der Waals surface area (Å²) in [5, 5.41) is 18.8. The van der Waals surface area contributed by atoms with Gasteiger partial charge in [-0.05, 0) is 73.5 Å². The van der Waals surface area contributed by atoms with Gasteiger partial charge in [0, 0.05) is 28.9 Å². The van der Waals surface area contributed by atoms with Gasteiger partial charge in [-0.2, -0.15) is 10.5 Å². The summed E-state index contributed by atoms with van der Waals surface area (Å²) in [6, 6.07) is 29.6. The van der Waals surface area contributed by atoms with Gasteiger partial charge in [-0.1, -0.05) is 74.4 Å². The molecule has 0 aliphatic carbocycles. The summed E-state index contributed by atoms with van der Waals surface area (Å²) in [4.78, 5) is 2.25. The molecule has 0 saturated carbocycles. The maximum Gasteiger partial charge on any atom is 0.133 e. The Balaban J connectivity index is 1.61. The number of hydrogen-bond donors (Lipinski definition) is 0. The van der Waals surface area contributed by atoms with Crippen molar-refractivity contribution < 1.29 is 4.74 Å². The number of rotatable bonds is 5. The molecule has 0 aromatic heterocycles. The summed E-state index contributed by atoms with van der Waals surface area (Å²) in [5.74, 6) is 0.776. The van der Waals surface area contributed by atoms with Crippen LogP contribution in [0.3, 0.4) is 0 Å². The summed E-state index contributed by atoms with van der Waals surface area (Å²) in [7, 11) is 0. The molecule has 0 fully saturated rings. The largest absolute Gasteiger partial charge is 0.490 e. The van der Waals surface area contributed by atoms with E-state index in [0.29, 0.717) is 6.42 Å². The van der Waals surface area contributed by atoms with E-state index in [9.17, 15) is 10.5 Å². The second-order valence-corrected chi connectivity index (χ2v) is 10.7. The Hall–Kier alpha value is -4.54. The van der Waals surface area contributed by atoms with E-state index in [4.69, 9.17) is 4.74 Å². The zero-order valence-electron chi connectivity index (χ0n) is 22.7. The van der Waals surface area contributed by atoms with Gasteiger partial charge in [-0.3, -0.25) is 0 Å². The average molecular weight is 500 g/mol. The Bertz CT molecular complexity index is 1390. The van der Waals surface area contributed by atoms with E-state index in [1.165, 1.54) is 11.1 Å². The smallest absolute Gasteiger partial charge is 0.133 e. The predicted octanol–water partition coefficient (Wildman–Crippen LogP) is 8.85. The number of aryl methyl sites for hydroxylation is 2. The zero-order chi connectivity index (χ0) is 27.3. The lowest BCUT2D eigenvalue weighted by Gasteiger charge is -2.31. The van der Waals surface area contributed by atoms with Crippen LogP contribution in [0.25, 0.3) is 6.08 Å². The molecule has 1 unspecified atom stereocenters. The molecule has 4 rings (SSSR count). The number of nitrogens with zero attached hydrogens (tertiary/aromatic N) is 3. The quantitative estimate of drug-likeness (QED) is 0.329. The SMILES string of the molecule is Cc1ccc(N(c2ccc(C)cc2)c2ccc(/C=C/C3CC(=C(C#N)C#N)C=C(C(C)(C)C)O3)cc2)cc1. The highest BCUT2D eigenvalue weighted by atomic mass is 16.5. The maximum atomic E-state index is 9.40. The third-order valence-corrected chi connectivity index (χ3v) is 6.53. The van der Waals surface area contributed by atoms with Crippen molar-refractivity contribution in [1.82, 2.24) is 0 Å². The molecule has 1 aliphatic heterocycles. The van der Waals surface area contributed by atoms with Crippen molar-refractivity contribution in [3.63, 3.8) is 0 Å². The van der Waals surface area contributed by atoms with Gasteiger partial charge >= 0.3 is 0 Å². The summed E-state index contributed by atoms with van der Waals surface area (Å²) in [5.41, 5.74) is 7.40. The summed E-state index contributed by atoms with van der Waals surface area (Å²) in [6.07, 6.45) is 6.14. The minimum atomic E-state index is -0.253. The second kappa shape index (κ2) is 11.2. The van der Waals surface area contributed by atoms with E-state index in [1.807, 2.05) is 30.4 Å². The lowest BCUT2D eigenvalue weighted by Crippen LogP contribution is -2.23. The Morgan fingerprint density at radius 1 is 0.816 bits per heavy atom. The lowest BCUT2D eigenvalue weighted by atomic mass is 9.88. The topological polar surface area (TPSA) is 60.0 Å². The first kappa shape index (κ1) is 26.5. The number of nitriles is 2. The number of ether oxygens (including phenoxy) is 1. The van der Waals surface area contributed by atoms with Crippen molar-refractivity contribution in [3.05, 3.63) is 119 Å². The predicted molar refractivity (Wildman–Crippen MR) is 155 cm³/mol. The van der Waals surface area contributed by atoms with Crippen LogP contribution in [0.1, 0.15) is 43.9 Å². The molecule has 4 heteroatoms. The average Bonchev–Trinajstić information content (AvgIpc) is 2.91.